The predicted octanol–water partition coefficient (Wildman–Crippen LogP) is 6.55. The van der Waals surface area contributed by atoms with Crippen molar-refractivity contribution in [3.63, 3.8) is 0 Å². The van der Waals surface area contributed by atoms with Gasteiger partial charge in [0, 0.05) is 12.5 Å². The number of para-hydroxylation sites is 1. The Morgan fingerprint density at radius 2 is 1.59 bits per heavy atom. The monoisotopic (exact) mass is 584 g/mol. The van der Waals surface area contributed by atoms with Crippen molar-refractivity contribution < 1.29 is 22.7 Å². The second-order valence-corrected chi connectivity index (χ2v) is 11.2. The van der Waals surface area contributed by atoms with Crippen molar-refractivity contribution in [3.8, 4) is 17.2 Å². The molecule has 1 amide bonds. The Hall–Kier alpha value is -3.56. The third-order valence-corrected chi connectivity index (χ3v) is 8.09. The summed E-state index contributed by atoms with van der Waals surface area (Å²) in [6.07, 6.45) is 0. The first-order valence-corrected chi connectivity index (χ1v) is 14.2. The van der Waals surface area contributed by atoms with Crippen LogP contribution in [0.25, 0.3) is 0 Å². The van der Waals surface area contributed by atoms with Gasteiger partial charge in [0.05, 0.1) is 22.1 Å². The number of benzene rings is 4. The molecular formula is C29H26Cl2N2O5S. The van der Waals surface area contributed by atoms with E-state index in [2.05, 4.69) is 0 Å². The van der Waals surface area contributed by atoms with Crippen LogP contribution in [-0.2, 0) is 16.6 Å². The van der Waals surface area contributed by atoms with E-state index >= 15 is 0 Å². The molecule has 0 saturated carbocycles. The van der Waals surface area contributed by atoms with E-state index in [9.17, 15) is 13.2 Å². The normalized spacial score (nSPS) is 12.0. The summed E-state index contributed by atoms with van der Waals surface area (Å²) in [5.74, 6) is 0.758. The van der Waals surface area contributed by atoms with Crippen molar-refractivity contribution in [2.45, 2.75) is 24.3 Å². The lowest BCUT2D eigenvalue weighted by molar-refractivity contribution is 0.0981. The second-order valence-electron chi connectivity index (χ2n) is 8.72. The zero-order valence-electron chi connectivity index (χ0n) is 20.9. The number of sulfonamides is 1. The van der Waals surface area contributed by atoms with Crippen molar-refractivity contribution in [2.24, 2.45) is 5.73 Å². The molecule has 7 nitrogen and oxygen atoms in total. The molecule has 0 radical (unpaired) electrons. The molecule has 4 rings (SSSR count). The Morgan fingerprint density at radius 3 is 2.28 bits per heavy atom. The first-order valence-electron chi connectivity index (χ1n) is 12.0. The highest BCUT2D eigenvalue weighted by Gasteiger charge is 2.23. The topological polar surface area (TPSA) is 108 Å². The summed E-state index contributed by atoms with van der Waals surface area (Å²) in [7, 11) is -4.13. The predicted molar refractivity (Wildman–Crippen MR) is 152 cm³/mol. The van der Waals surface area contributed by atoms with E-state index in [4.69, 9.17) is 38.4 Å². The first-order chi connectivity index (χ1) is 18.7. The fourth-order valence-corrected chi connectivity index (χ4v) is 5.11. The molecule has 4 aromatic carbocycles. The molecule has 0 aliphatic rings. The second kappa shape index (κ2) is 12.5. The summed E-state index contributed by atoms with van der Waals surface area (Å²) < 4.78 is 39.1. The first kappa shape index (κ1) is 28.4. The number of rotatable bonds is 10. The lowest BCUT2D eigenvalue weighted by atomic mass is 10.0. The molecular weight excluding hydrogens is 559 g/mol. The van der Waals surface area contributed by atoms with Gasteiger partial charge in [0.2, 0.25) is 0 Å². The fraction of sp³-hybridized carbons (Fsp3) is 0.138. The maximum Gasteiger partial charge on any atom is 0.266 e. The number of ether oxygens (including phenoxy) is 2. The SMILES string of the molecule is CC(COc1ccc(C(=O)NS(=O)(=O)c2ccc(CN)cc2)c(Cl)c1Cl)c1cccc(Oc2ccccc2)c1. The van der Waals surface area contributed by atoms with E-state index < -0.39 is 15.9 Å². The van der Waals surface area contributed by atoms with Gasteiger partial charge in [-0.1, -0.05) is 72.6 Å². The molecule has 39 heavy (non-hydrogen) atoms. The van der Waals surface area contributed by atoms with E-state index in [-0.39, 0.29) is 45.3 Å². The average molecular weight is 586 g/mol. The summed E-state index contributed by atoms with van der Waals surface area (Å²) in [6, 6.07) is 25.9. The zero-order valence-corrected chi connectivity index (χ0v) is 23.3. The molecule has 0 bridgehead atoms. The van der Waals surface area contributed by atoms with Gasteiger partial charge in [-0.25, -0.2) is 13.1 Å². The van der Waals surface area contributed by atoms with Gasteiger partial charge in [-0.05, 0) is 59.7 Å². The van der Waals surface area contributed by atoms with Gasteiger partial charge in [0.1, 0.15) is 22.3 Å². The number of hydrogen-bond donors (Lipinski definition) is 2. The minimum absolute atomic E-state index is 0.00220. The maximum atomic E-state index is 12.7. The minimum atomic E-state index is -4.13. The molecule has 202 valence electrons. The van der Waals surface area contributed by atoms with E-state index in [0.717, 1.165) is 16.9 Å². The minimum Gasteiger partial charge on any atom is -0.491 e. The third kappa shape index (κ3) is 7.10. The Morgan fingerprint density at radius 1 is 0.897 bits per heavy atom. The average Bonchev–Trinajstić information content (AvgIpc) is 2.94. The summed E-state index contributed by atoms with van der Waals surface area (Å²) in [4.78, 5) is 12.7. The van der Waals surface area contributed by atoms with Crippen molar-refractivity contribution in [3.05, 3.63) is 118 Å². The highest BCUT2D eigenvalue weighted by atomic mass is 35.5. The Bertz CT molecular complexity index is 1560. The molecule has 1 atom stereocenters. The van der Waals surface area contributed by atoms with Crippen molar-refractivity contribution in [2.75, 3.05) is 6.61 Å². The van der Waals surface area contributed by atoms with Crippen LogP contribution < -0.4 is 19.9 Å². The van der Waals surface area contributed by atoms with Crippen LogP contribution in [0.5, 0.6) is 17.2 Å². The summed E-state index contributed by atoms with van der Waals surface area (Å²) >= 11 is 12.7. The van der Waals surface area contributed by atoms with E-state index in [0.29, 0.717) is 5.75 Å². The number of hydrogen-bond acceptors (Lipinski definition) is 6. The van der Waals surface area contributed by atoms with Crippen LogP contribution in [0, 0.1) is 0 Å². The standard InChI is InChI=1S/C29H26Cl2N2O5S/c1-19(21-6-5-9-23(16-21)38-22-7-3-2-4-8-22)18-37-26-15-14-25(27(30)28(26)31)29(34)33-39(35,36)24-12-10-20(17-32)11-13-24/h2-16,19H,17-18,32H2,1H3,(H,33,34). The largest absolute Gasteiger partial charge is 0.491 e. The lowest BCUT2D eigenvalue weighted by Crippen LogP contribution is -2.30. The van der Waals surface area contributed by atoms with Gasteiger partial charge in [-0.3, -0.25) is 4.79 Å². The van der Waals surface area contributed by atoms with Crippen LogP contribution in [0.15, 0.2) is 95.9 Å². The smallest absolute Gasteiger partial charge is 0.266 e. The molecule has 0 fully saturated rings. The number of amides is 1. The van der Waals surface area contributed by atoms with Gasteiger partial charge in [-0.15, -0.1) is 0 Å². The number of nitrogens with two attached hydrogens (primary N) is 1. The van der Waals surface area contributed by atoms with Gasteiger partial charge in [-0.2, -0.15) is 0 Å². The van der Waals surface area contributed by atoms with Gasteiger partial charge >= 0.3 is 0 Å². The lowest BCUT2D eigenvalue weighted by Gasteiger charge is -2.17. The molecule has 0 heterocycles. The van der Waals surface area contributed by atoms with E-state index in [1.54, 1.807) is 12.1 Å². The molecule has 0 aliphatic heterocycles. The highest BCUT2D eigenvalue weighted by molar-refractivity contribution is 7.90. The highest BCUT2D eigenvalue weighted by Crippen LogP contribution is 2.36. The number of nitrogens with one attached hydrogen (secondary N) is 1. The summed E-state index contributed by atoms with van der Waals surface area (Å²) in [5.41, 5.74) is 7.19. The Balaban J connectivity index is 1.42. The molecule has 0 aliphatic carbocycles. The Labute approximate surface area is 237 Å². The molecule has 1 unspecified atom stereocenters. The van der Waals surface area contributed by atoms with E-state index in [1.807, 2.05) is 66.2 Å². The van der Waals surface area contributed by atoms with Crippen molar-refractivity contribution in [1.29, 1.82) is 0 Å². The zero-order chi connectivity index (χ0) is 28.0. The molecule has 0 aromatic heterocycles. The fourth-order valence-electron chi connectivity index (χ4n) is 3.68. The molecule has 3 N–H and O–H groups in total. The van der Waals surface area contributed by atoms with Crippen LogP contribution in [0.2, 0.25) is 10.0 Å². The summed E-state index contributed by atoms with van der Waals surface area (Å²) in [6.45, 7) is 2.52. The summed E-state index contributed by atoms with van der Waals surface area (Å²) in [5, 5.41) is -0.117. The van der Waals surface area contributed by atoms with Crippen LogP contribution in [0.4, 0.5) is 0 Å². The third-order valence-electron chi connectivity index (χ3n) is 5.88. The van der Waals surface area contributed by atoms with Crippen molar-refractivity contribution >= 4 is 39.1 Å². The molecule has 4 aromatic rings. The van der Waals surface area contributed by atoms with Gasteiger partial charge in [0.15, 0.2) is 0 Å². The quantitative estimate of drug-likeness (QED) is 0.219. The maximum absolute atomic E-state index is 12.7. The van der Waals surface area contributed by atoms with E-state index in [1.165, 1.54) is 24.3 Å². The molecule has 10 heteroatoms. The van der Waals surface area contributed by atoms with Gasteiger partial charge in [0.25, 0.3) is 15.9 Å². The number of carbonyl (C=O) groups is 1. The molecule has 0 spiro atoms. The van der Waals surface area contributed by atoms with Crippen LogP contribution in [0.1, 0.15) is 34.3 Å². The number of carbonyl (C=O) groups excluding carboxylic acids is 1. The molecule has 0 saturated heterocycles. The van der Waals surface area contributed by atoms with Crippen LogP contribution in [-0.4, -0.2) is 20.9 Å². The van der Waals surface area contributed by atoms with Gasteiger partial charge < -0.3 is 15.2 Å². The van der Waals surface area contributed by atoms with Crippen LogP contribution in [0.3, 0.4) is 0 Å². The Kier molecular flexibility index (Phi) is 9.14. The van der Waals surface area contributed by atoms with Crippen LogP contribution >= 0.6 is 23.2 Å². The van der Waals surface area contributed by atoms with Crippen molar-refractivity contribution in [1.82, 2.24) is 4.72 Å². The number of halogens is 2.